The zero-order valence-corrected chi connectivity index (χ0v) is 12.7. The van der Waals surface area contributed by atoms with E-state index in [1.54, 1.807) is 4.90 Å². The largest absolute Gasteiger partial charge is 0.326 e. The van der Waals surface area contributed by atoms with Crippen molar-refractivity contribution in [2.24, 2.45) is 11.7 Å². The summed E-state index contributed by atoms with van der Waals surface area (Å²) in [5.41, 5.74) is 8.66. The third-order valence-electron chi connectivity index (χ3n) is 3.77. The van der Waals surface area contributed by atoms with Gasteiger partial charge in [-0.25, -0.2) is 4.79 Å². The molecule has 110 valence electrons. The van der Waals surface area contributed by atoms with Crippen LogP contribution in [0.3, 0.4) is 0 Å². The van der Waals surface area contributed by atoms with E-state index in [0.29, 0.717) is 12.5 Å². The van der Waals surface area contributed by atoms with Gasteiger partial charge in [0, 0.05) is 32.7 Å². The molecule has 1 atom stereocenters. The second kappa shape index (κ2) is 6.27. The minimum absolute atomic E-state index is 0.0804. The Labute approximate surface area is 121 Å². The van der Waals surface area contributed by atoms with E-state index in [-0.39, 0.29) is 12.1 Å². The fourth-order valence-electron chi connectivity index (χ4n) is 2.59. The lowest BCUT2D eigenvalue weighted by atomic mass is 9.99. The van der Waals surface area contributed by atoms with Crippen LogP contribution in [0.15, 0.2) is 24.3 Å². The summed E-state index contributed by atoms with van der Waals surface area (Å²) in [6.07, 6.45) is 1.09. The van der Waals surface area contributed by atoms with Crippen LogP contribution in [0.4, 0.5) is 4.79 Å². The van der Waals surface area contributed by atoms with Crippen molar-refractivity contribution in [3.8, 4) is 0 Å². The molecule has 0 aliphatic carbocycles. The van der Waals surface area contributed by atoms with Gasteiger partial charge < -0.3 is 15.5 Å². The second-order valence-corrected chi connectivity index (χ2v) is 6.10. The van der Waals surface area contributed by atoms with Gasteiger partial charge in [-0.3, -0.25) is 0 Å². The van der Waals surface area contributed by atoms with Crippen LogP contribution in [0, 0.1) is 5.92 Å². The maximum absolute atomic E-state index is 11.8. The number of carbonyl (C=O) groups is 1. The summed E-state index contributed by atoms with van der Waals surface area (Å²) < 4.78 is 0. The molecule has 0 spiro atoms. The van der Waals surface area contributed by atoms with E-state index in [4.69, 9.17) is 5.73 Å². The summed E-state index contributed by atoms with van der Waals surface area (Å²) in [4.78, 5) is 15.4. The van der Waals surface area contributed by atoms with Crippen molar-refractivity contribution in [1.82, 2.24) is 9.80 Å². The molecule has 0 aromatic heterocycles. The van der Waals surface area contributed by atoms with Crippen LogP contribution < -0.4 is 5.73 Å². The number of carbonyl (C=O) groups excluding carboxylic acids is 1. The fourth-order valence-corrected chi connectivity index (χ4v) is 2.59. The lowest BCUT2D eigenvalue weighted by molar-refractivity contribution is 0.196. The van der Waals surface area contributed by atoms with Crippen LogP contribution in [0.1, 0.15) is 31.0 Å². The number of hydrogen-bond donors (Lipinski definition) is 1. The monoisotopic (exact) mass is 275 g/mol. The van der Waals surface area contributed by atoms with Gasteiger partial charge in [0.2, 0.25) is 0 Å². The van der Waals surface area contributed by atoms with Gasteiger partial charge >= 0.3 is 6.03 Å². The van der Waals surface area contributed by atoms with E-state index >= 15 is 0 Å². The SMILES string of the molecule is CC(C)Cc1ccc(C(N)CN2CCN(C)C2=O)cc1. The molecule has 0 saturated carbocycles. The first-order valence-electron chi connectivity index (χ1n) is 7.32. The summed E-state index contributed by atoms with van der Waals surface area (Å²) in [6, 6.07) is 8.44. The first-order chi connectivity index (χ1) is 9.47. The van der Waals surface area contributed by atoms with Crippen molar-refractivity contribution in [2.45, 2.75) is 26.3 Å². The highest BCUT2D eigenvalue weighted by atomic mass is 16.2. The molecule has 2 N–H and O–H groups in total. The van der Waals surface area contributed by atoms with Gasteiger partial charge in [-0.1, -0.05) is 38.1 Å². The third kappa shape index (κ3) is 3.51. The first kappa shape index (κ1) is 14.9. The molecule has 1 aliphatic rings. The molecule has 2 amide bonds. The van der Waals surface area contributed by atoms with Crippen LogP contribution in [0.2, 0.25) is 0 Å². The van der Waals surface area contributed by atoms with E-state index in [2.05, 4.69) is 38.1 Å². The maximum atomic E-state index is 11.8. The van der Waals surface area contributed by atoms with E-state index < -0.39 is 0 Å². The van der Waals surface area contributed by atoms with E-state index in [0.717, 1.165) is 25.1 Å². The molecule has 4 nitrogen and oxygen atoms in total. The van der Waals surface area contributed by atoms with Crippen LogP contribution >= 0.6 is 0 Å². The van der Waals surface area contributed by atoms with Crippen molar-refractivity contribution in [1.29, 1.82) is 0 Å². The lowest BCUT2D eigenvalue weighted by Crippen LogP contribution is -2.35. The van der Waals surface area contributed by atoms with Gasteiger partial charge in [0.15, 0.2) is 0 Å². The molecule has 1 saturated heterocycles. The molecule has 0 radical (unpaired) electrons. The van der Waals surface area contributed by atoms with Gasteiger partial charge in [0.1, 0.15) is 0 Å². The van der Waals surface area contributed by atoms with Gasteiger partial charge in [-0.05, 0) is 23.5 Å². The molecule has 4 heteroatoms. The number of likely N-dealkylation sites (N-methyl/N-ethyl adjacent to an activating group) is 1. The maximum Gasteiger partial charge on any atom is 0.319 e. The minimum Gasteiger partial charge on any atom is -0.326 e. The minimum atomic E-state index is -0.112. The summed E-state index contributed by atoms with van der Waals surface area (Å²) in [5.74, 6) is 0.660. The predicted molar refractivity (Wildman–Crippen MR) is 81.5 cm³/mol. The van der Waals surface area contributed by atoms with Crippen LogP contribution in [-0.4, -0.2) is 42.5 Å². The number of urea groups is 1. The average Bonchev–Trinajstić information content (AvgIpc) is 2.71. The number of nitrogens with zero attached hydrogens (tertiary/aromatic N) is 2. The van der Waals surface area contributed by atoms with Crippen molar-refractivity contribution < 1.29 is 4.79 Å². The zero-order valence-electron chi connectivity index (χ0n) is 12.7. The Morgan fingerprint density at radius 2 is 1.85 bits per heavy atom. The Hall–Kier alpha value is -1.55. The van der Waals surface area contributed by atoms with Gasteiger partial charge in [-0.15, -0.1) is 0 Å². The van der Waals surface area contributed by atoms with E-state index in [9.17, 15) is 4.79 Å². The van der Waals surface area contributed by atoms with Crippen molar-refractivity contribution in [3.05, 3.63) is 35.4 Å². The van der Waals surface area contributed by atoms with Crippen LogP contribution in [0.25, 0.3) is 0 Å². The molecule has 1 aromatic rings. The highest BCUT2D eigenvalue weighted by Gasteiger charge is 2.26. The fraction of sp³-hybridized carbons (Fsp3) is 0.562. The Morgan fingerprint density at radius 3 is 2.35 bits per heavy atom. The molecule has 1 unspecified atom stereocenters. The Bertz CT molecular complexity index is 455. The molecular weight excluding hydrogens is 250 g/mol. The molecule has 1 fully saturated rings. The number of nitrogens with two attached hydrogens (primary N) is 1. The molecule has 1 heterocycles. The summed E-state index contributed by atoms with van der Waals surface area (Å²) in [7, 11) is 1.83. The Balaban J connectivity index is 1.95. The average molecular weight is 275 g/mol. The summed E-state index contributed by atoms with van der Waals surface area (Å²) in [5, 5.41) is 0. The number of rotatable bonds is 5. The van der Waals surface area contributed by atoms with Crippen molar-refractivity contribution >= 4 is 6.03 Å². The zero-order chi connectivity index (χ0) is 14.7. The van der Waals surface area contributed by atoms with Gasteiger partial charge in [0.05, 0.1) is 0 Å². The number of amides is 2. The molecule has 20 heavy (non-hydrogen) atoms. The highest BCUT2D eigenvalue weighted by molar-refractivity contribution is 5.76. The summed E-state index contributed by atoms with van der Waals surface area (Å²) in [6.45, 7) is 6.59. The van der Waals surface area contributed by atoms with Crippen LogP contribution in [0.5, 0.6) is 0 Å². The van der Waals surface area contributed by atoms with Crippen molar-refractivity contribution in [3.63, 3.8) is 0 Å². The quantitative estimate of drug-likeness (QED) is 0.896. The second-order valence-electron chi connectivity index (χ2n) is 6.10. The molecule has 0 bridgehead atoms. The van der Waals surface area contributed by atoms with E-state index in [1.807, 2.05) is 11.9 Å². The molecular formula is C16H25N3O. The molecule has 1 aliphatic heterocycles. The lowest BCUT2D eigenvalue weighted by Gasteiger charge is -2.21. The Kier molecular flexibility index (Phi) is 4.65. The summed E-state index contributed by atoms with van der Waals surface area (Å²) >= 11 is 0. The van der Waals surface area contributed by atoms with Crippen LogP contribution in [-0.2, 0) is 6.42 Å². The molecule has 2 rings (SSSR count). The predicted octanol–water partition coefficient (Wildman–Crippen LogP) is 2.25. The topological polar surface area (TPSA) is 49.6 Å². The Morgan fingerprint density at radius 1 is 1.20 bits per heavy atom. The first-order valence-corrected chi connectivity index (χ1v) is 7.32. The number of hydrogen-bond acceptors (Lipinski definition) is 2. The number of benzene rings is 1. The standard InChI is InChI=1S/C16H25N3O/c1-12(2)10-13-4-6-14(7-5-13)15(17)11-19-9-8-18(3)16(19)20/h4-7,12,15H,8-11,17H2,1-3H3. The molecule has 1 aromatic carbocycles. The third-order valence-corrected chi connectivity index (χ3v) is 3.77. The van der Waals surface area contributed by atoms with Gasteiger partial charge in [-0.2, -0.15) is 0 Å². The van der Waals surface area contributed by atoms with E-state index in [1.165, 1.54) is 5.56 Å². The van der Waals surface area contributed by atoms with Gasteiger partial charge in [0.25, 0.3) is 0 Å². The van der Waals surface area contributed by atoms with Crippen molar-refractivity contribution in [2.75, 3.05) is 26.7 Å². The normalized spacial score (nSPS) is 17.1. The smallest absolute Gasteiger partial charge is 0.319 e. The highest BCUT2D eigenvalue weighted by Crippen LogP contribution is 2.17.